The molecule has 6 rings (SSSR count). The summed E-state index contributed by atoms with van der Waals surface area (Å²) in [5.41, 5.74) is 20.5. The number of allylic oxidation sites excluding steroid dienone is 2. The topological polar surface area (TPSA) is 69.0 Å². The van der Waals surface area contributed by atoms with Crippen LogP contribution in [-0.4, -0.2) is 11.1 Å². The Bertz CT molecular complexity index is 1550. The van der Waals surface area contributed by atoms with Gasteiger partial charge in [0.2, 0.25) is 0 Å². The zero-order valence-corrected chi connectivity index (χ0v) is 18.2. The van der Waals surface area contributed by atoms with Gasteiger partial charge in [-0.05, 0) is 35.9 Å². The molecule has 0 unspecified atom stereocenters. The quantitative estimate of drug-likeness (QED) is 0.318. The maximum atomic E-state index is 6.80. The number of benzene rings is 3. The molecule has 1 aliphatic rings. The van der Waals surface area contributed by atoms with E-state index in [-0.39, 0.29) is 0 Å². The second-order valence-electron chi connectivity index (χ2n) is 7.89. The second-order valence-corrected chi connectivity index (χ2v) is 8.98. The molecule has 5 heteroatoms. The number of anilines is 2. The summed E-state index contributed by atoms with van der Waals surface area (Å²) in [5, 5.41) is 6.39. The van der Waals surface area contributed by atoms with Crippen LogP contribution in [0.5, 0.6) is 0 Å². The van der Waals surface area contributed by atoms with E-state index in [4.69, 9.17) is 11.5 Å². The number of nitrogens with two attached hydrogens (primary N) is 2. The lowest BCUT2D eigenvalue weighted by Gasteiger charge is -2.16. The van der Waals surface area contributed by atoms with Crippen molar-refractivity contribution in [2.45, 2.75) is 0 Å². The Morgan fingerprint density at radius 2 is 1.69 bits per heavy atom. The van der Waals surface area contributed by atoms with E-state index in [0.29, 0.717) is 0 Å². The fourth-order valence-corrected chi connectivity index (χ4v) is 5.53. The molecule has 0 amide bonds. The first-order chi connectivity index (χ1) is 15.7. The Morgan fingerprint density at radius 3 is 2.53 bits per heavy atom. The van der Waals surface area contributed by atoms with Crippen LogP contribution in [0.4, 0.5) is 10.7 Å². The summed E-state index contributed by atoms with van der Waals surface area (Å²) in [6.07, 6.45) is 6.30. The van der Waals surface area contributed by atoms with E-state index < -0.39 is 0 Å². The Balaban J connectivity index is 1.67. The van der Waals surface area contributed by atoms with Gasteiger partial charge in [-0.15, -0.1) is 11.3 Å². The maximum absolute atomic E-state index is 6.80. The third kappa shape index (κ3) is 2.82. The van der Waals surface area contributed by atoms with Crippen LogP contribution in [0.1, 0.15) is 5.56 Å². The van der Waals surface area contributed by atoms with Crippen molar-refractivity contribution in [2.75, 3.05) is 18.0 Å². The molecule has 5 aromatic rings. The number of hydrogen-bond donors (Lipinski definition) is 3. The Hall–Kier alpha value is -3.96. The first-order valence-corrected chi connectivity index (χ1v) is 11.4. The van der Waals surface area contributed by atoms with Crippen molar-refractivity contribution in [2.24, 2.45) is 0 Å². The molecule has 0 fully saturated rings. The number of rotatable bonds is 3. The van der Waals surface area contributed by atoms with Crippen molar-refractivity contribution >= 4 is 48.7 Å². The van der Waals surface area contributed by atoms with Crippen LogP contribution in [-0.2, 0) is 0 Å². The van der Waals surface area contributed by atoms with E-state index in [1.807, 2.05) is 12.1 Å². The van der Waals surface area contributed by atoms with E-state index in [1.165, 1.54) is 0 Å². The van der Waals surface area contributed by atoms with Gasteiger partial charge in [-0.1, -0.05) is 60.7 Å². The van der Waals surface area contributed by atoms with Crippen LogP contribution in [0, 0.1) is 0 Å². The van der Waals surface area contributed by atoms with Gasteiger partial charge in [-0.25, -0.2) is 0 Å². The Kier molecular flexibility index (Phi) is 4.30. The van der Waals surface area contributed by atoms with Crippen molar-refractivity contribution in [3.63, 3.8) is 0 Å². The highest BCUT2D eigenvalue weighted by atomic mass is 32.1. The van der Waals surface area contributed by atoms with Crippen LogP contribution < -0.4 is 16.8 Å². The van der Waals surface area contributed by atoms with E-state index >= 15 is 0 Å². The summed E-state index contributed by atoms with van der Waals surface area (Å²) in [7, 11) is 0. The number of nitrogens with one attached hydrogen (secondary N) is 1. The fraction of sp³-hybridized carbons (Fsp3) is 0.0370. The van der Waals surface area contributed by atoms with Gasteiger partial charge in [-0.2, -0.15) is 0 Å². The number of fused-ring (bicyclic) bond motifs is 2. The average molecular weight is 435 g/mol. The molecule has 156 valence electrons. The van der Waals surface area contributed by atoms with Crippen LogP contribution in [0.25, 0.3) is 43.6 Å². The van der Waals surface area contributed by atoms with Gasteiger partial charge >= 0.3 is 0 Å². The first-order valence-electron chi connectivity index (χ1n) is 10.6. The molecule has 1 aliphatic heterocycles. The molecule has 0 aliphatic carbocycles. The summed E-state index contributed by atoms with van der Waals surface area (Å²) < 4.78 is 3.41. The molecule has 4 nitrogen and oxygen atoms in total. The molecule has 0 atom stereocenters. The molecule has 3 aromatic carbocycles. The first kappa shape index (κ1) is 18.8. The zero-order valence-electron chi connectivity index (χ0n) is 17.4. The van der Waals surface area contributed by atoms with Gasteiger partial charge in [0.05, 0.1) is 21.9 Å². The molecule has 0 bridgehead atoms. The van der Waals surface area contributed by atoms with E-state index in [0.717, 1.165) is 66.4 Å². The van der Waals surface area contributed by atoms with E-state index in [1.54, 1.807) is 11.3 Å². The smallest absolute Gasteiger partial charge is 0.0964 e. The highest BCUT2D eigenvalue weighted by Gasteiger charge is 2.23. The molecule has 0 saturated heterocycles. The van der Waals surface area contributed by atoms with Crippen LogP contribution in [0.3, 0.4) is 0 Å². The highest BCUT2D eigenvalue weighted by molar-refractivity contribution is 7.23. The molecule has 0 saturated carbocycles. The van der Waals surface area contributed by atoms with Crippen molar-refractivity contribution in [1.82, 2.24) is 9.88 Å². The Morgan fingerprint density at radius 1 is 0.875 bits per heavy atom. The summed E-state index contributed by atoms with van der Waals surface area (Å²) in [4.78, 5) is 0. The van der Waals surface area contributed by atoms with Gasteiger partial charge in [0.15, 0.2) is 0 Å². The molecule has 5 N–H and O–H groups in total. The monoisotopic (exact) mass is 434 g/mol. The SMILES string of the molecule is Nc1sc2ccccc2c1-c1c(N)c2ccccc2n1-c1cccc(C2=CC=CCN2)c1. The number of dihydropyridines is 1. The van der Waals surface area contributed by atoms with Crippen LogP contribution in [0.15, 0.2) is 91.0 Å². The summed E-state index contributed by atoms with van der Waals surface area (Å²) in [5.74, 6) is 0. The van der Waals surface area contributed by atoms with Gasteiger partial charge in [-0.3, -0.25) is 0 Å². The third-order valence-electron chi connectivity index (χ3n) is 6.00. The van der Waals surface area contributed by atoms with Gasteiger partial charge < -0.3 is 21.4 Å². The molecular weight excluding hydrogens is 412 g/mol. The predicted molar refractivity (Wildman–Crippen MR) is 138 cm³/mol. The largest absolute Gasteiger partial charge is 0.396 e. The average Bonchev–Trinajstić information content (AvgIpc) is 3.32. The highest BCUT2D eigenvalue weighted by Crippen LogP contribution is 2.47. The van der Waals surface area contributed by atoms with Gasteiger partial charge in [0.1, 0.15) is 0 Å². The van der Waals surface area contributed by atoms with E-state index in [9.17, 15) is 0 Å². The maximum Gasteiger partial charge on any atom is 0.0964 e. The lowest BCUT2D eigenvalue weighted by Crippen LogP contribution is -2.14. The summed E-state index contributed by atoms with van der Waals surface area (Å²) in [6.45, 7) is 0.831. The molecule has 0 radical (unpaired) electrons. The van der Waals surface area contributed by atoms with Crippen LogP contribution >= 0.6 is 11.3 Å². The lowest BCUT2D eigenvalue weighted by molar-refractivity contribution is 0.994. The normalized spacial score (nSPS) is 13.4. The molecule has 32 heavy (non-hydrogen) atoms. The lowest BCUT2D eigenvalue weighted by atomic mass is 10.1. The molecule has 0 spiro atoms. The van der Waals surface area contributed by atoms with Crippen molar-refractivity contribution < 1.29 is 0 Å². The zero-order chi connectivity index (χ0) is 21.7. The fourth-order valence-electron chi connectivity index (χ4n) is 4.56. The summed E-state index contributed by atoms with van der Waals surface area (Å²) >= 11 is 1.60. The third-order valence-corrected chi connectivity index (χ3v) is 7.00. The van der Waals surface area contributed by atoms with Crippen molar-refractivity contribution in [3.05, 3.63) is 96.6 Å². The second kappa shape index (κ2) is 7.32. The minimum atomic E-state index is 0.749. The van der Waals surface area contributed by atoms with E-state index in [2.05, 4.69) is 88.8 Å². The van der Waals surface area contributed by atoms with Crippen LogP contribution in [0.2, 0.25) is 0 Å². The van der Waals surface area contributed by atoms with Crippen molar-refractivity contribution in [1.29, 1.82) is 0 Å². The minimum Gasteiger partial charge on any atom is -0.396 e. The number of nitrogens with zero attached hydrogens (tertiary/aromatic N) is 1. The van der Waals surface area contributed by atoms with Gasteiger partial charge in [0.25, 0.3) is 0 Å². The Labute approximate surface area is 190 Å². The van der Waals surface area contributed by atoms with Crippen molar-refractivity contribution in [3.8, 4) is 16.9 Å². The predicted octanol–water partition coefficient (Wildman–Crippen LogP) is 6.18. The number of para-hydroxylation sites is 1. The van der Waals surface area contributed by atoms with Gasteiger partial charge in [0, 0.05) is 39.0 Å². The number of thiophene rings is 1. The standard InChI is InChI=1S/C27H22N4S/c28-25-19-10-1-3-13-22(19)31(18-9-7-8-17(16-18)21-12-5-6-15-30-21)26(25)24-20-11-2-4-14-23(20)32-27(24)29/h1-14,16,30H,15,28-29H2. The molecule has 2 aromatic heterocycles. The number of nitrogen functional groups attached to an aromatic ring is 2. The number of hydrogen-bond acceptors (Lipinski definition) is 4. The summed E-state index contributed by atoms with van der Waals surface area (Å²) in [6, 6.07) is 25.2. The molecular formula is C27H22N4S. The molecule has 3 heterocycles. The number of aromatic nitrogens is 1. The minimum absolute atomic E-state index is 0.749.